The van der Waals surface area contributed by atoms with Crippen LogP contribution in [0.5, 0.6) is 5.75 Å². The molecular weight excluding hydrogens is 240 g/mol. The fourth-order valence-electron chi connectivity index (χ4n) is 2.33. The summed E-state index contributed by atoms with van der Waals surface area (Å²) in [4.78, 5) is 14.6. The average molecular weight is 262 g/mol. The molecule has 104 valence electrons. The molecule has 2 rings (SSSR count). The van der Waals surface area contributed by atoms with Crippen LogP contribution in [0.3, 0.4) is 0 Å². The highest BCUT2D eigenvalue weighted by molar-refractivity contribution is 6.00. The van der Waals surface area contributed by atoms with E-state index in [1.54, 1.807) is 0 Å². The predicted octanol–water partition coefficient (Wildman–Crippen LogP) is 1.56. The quantitative estimate of drug-likeness (QED) is 0.818. The molecule has 0 atom stereocenters. The molecule has 1 aromatic rings. The first-order valence-electron chi connectivity index (χ1n) is 6.99. The van der Waals surface area contributed by atoms with E-state index in [-0.39, 0.29) is 5.78 Å². The van der Waals surface area contributed by atoms with Crippen molar-refractivity contribution in [2.24, 2.45) is 0 Å². The van der Waals surface area contributed by atoms with Crippen LogP contribution in [0.25, 0.3) is 0 Å². The molecule has 1 saturated heterocycles. The monoisotopic (exact) mass is 262 g/mol. The van der Waals surface area contributed by atoms with Crippen LogP contribution in [-0.4, -0.2) is 50.0 Å². The van der Waals surface area contributed by atoms with E-state index in [4.69, 9.17) is 4.74 Å². The number of ether oxygens (including phenoxy) is 1. The standard InChI is InChI=1S/C15H22N2O2/c1-2-19-15-7-4-3-6-13(15)14(18)12-17-10-5-8-16-9-11-17/h3-4,6-7,16H,2,5,8-12H2,1H3. The molecule has 0 amide bonds. The Hall–Kier alpha value is -1.39. The molecule has 1 fully saturated rings. The zero-order chi connectivity index (χ0) is 13.5. The highest BCUT2D eigenvalue weighted by Gasteiger charge is 2.16. The third-order valence-corrected chi connectivity index (χ3v) is 3.29. The fraction of sp³-hybridized carbons (Fsp3) is 0.533. The smallest absolute Gasteiger partial charge is 0.180 e. The first kappa shape index (κ1) is 14.0. The normalized spacial score (nSPS) is 16.9. The Morgan fingerprint density at radius 2 is 2.16 bits per heavy atom. The van der Waals surface area contributed by atoms with Crippen molar-refractivity contribution >= 4 is 5.78 Å². The summed E-state index contributed by atoms with van der Waals surface area (Å²) in [6.45, 7) is 6.91. The van der Waals surface area contributed by atoms with Gasteiger partial charge in [-0.25, -0.2) is 0 Å². The number of rotatable bonds is 5. The van der Waals surface area contributed by atoms with Gasteiger partial charge in [-0.15, -0.1) is 0 Å². The molecule has 1 aliphatic rings. The van der Waals surface area contributed by atoms with E-state index < -0.39 is 0 Å². The van der Waals surface area contributed by atoms with Crippen molar-refractivity contribution < 1.29 is 9.53 Å². The van der Waals surface area contributed by atoms with E-state index in [2.05, 4.69) is 10.2 Å². The molecule has 4 nitrogen and oxygen atoms in total. The molecule has 0 radical (unpaired) electrons. The van der Waals surface area contributed by atoms with Crippen LogP contribution in [-0.2, 0) is 0 Å². The second-order valence-electron chi connectivity index (χ2n) is 4.73. The number of para-hydroxylation sites is 1. The lowest BCUT2D eigenvalue weighted by molar-refractivity contribution is 0.0931. The van der Waals surface area contributed by atoms with E-state index in [1.165, 1.54) is 0 Å². The maximum absolute atomic E-state index is 12.4. The van der Waals surface area contributed by atoms with Crippen LogP contribution in [0, 0.1) is 0 Å². The van der Waals surface area contributed by atoms with E-state index in [0.717, 1.165) is 32.6 Å². The fourth-order valence-corrected chi connectivity index (χ4v) is 2.33. The van der Waals surface area contributed by atoms with Gasteiger partial charge in [-0.2, -0.15) is 0 Å². The SMILES string of the molecule is CCOc1ccccc1C(=O)CN1CCCNCC1. The van der Waals surface area contributed by atoms with Crippen molar-refractivity contribution in [1.29, 1.82) is 0 Å². The zero-order valence-corrected chi connectivity index (χ0v) is 11.5. The number of carbonyl (C=O) groups is 1. The van der Waals surface area contributed by atoms with Gasteiger partial charge < -0.3 is 10.1 Å². The number of hydrogen-bond donors (Lipinski definition) is 1. The summed E-state index contributed by atoms with van der Waals surface area (Å²) in [6, 6.07) is 7.50. The predicted molar refractivity (Wildman–Crippen MR) is 75.9 cm³/mol. The molecule has 1 aliphatic heterocycles. The van der Waals surface area contributed by atoms with Gasteiger partial charge >= 0.3 is 0 Å². The molecule has 0 aliphatic carbocycles. The van der Waals surface area contributed by atoms with Crippen LogP contribution in [0.4, 0.5) is 0 Å². The topological polar surface area (TPSA) is 41.6 Å². The lowest BCUT2D eigenvalue weighted by atomic mass is 10.1. The van der Waals surface area contributed by atoms with Gasteiger partial charge in [0.25, 0.3) is 0 Å². The highest BCUT2D eigenvalue weighted by atomic mass is 16.5. The summed E-state index contributed by atoms with van der Waals surface area (Å²) in [5, 5.41) is 3.34. The van der Waals surface area contributed by atoms with Gasteiger partial charge in [0.1, 0.15) is 5.75 Å². The largest absolute Gasteiger partial charge is 0.493 e. The molecule has 0 spiro atoms. The molecule has 1 aromatic carbocycles. The van der Waals surface area contributed by atoms with Gasteiger partial charge in [0, 0.05) is 13.1 Å². The van der Waals surface area contributed by atoms with Gasteiger partial charge in [-0.3, -0.25) is 9.69 Å². The average Bonchev–Trinajstić information content (AvgIpc) is 2.68. The number of Topliss-reactive ketones (excluding diaryl/α,β-unsaturated/α-hetero) is 1. The number of ketones is 1. The van der Waals surface area contributed by atoms with Crippen LogP contribution >= 0.6 is 0 Å². The third-order valence-electron chi connectivity index (χ3n) is 3.29. The number of nitrogens with zero attached hydrogens (tertiary/aromatic N) is 1. The molecule has 0 bridgehead atoms. The Kier molecular flexibility index (Phi) is 5.36. The minimum atomic E-state index is 0.144. The molecular formula is C15H22N2O2. The number of benzene rings is 1. The summed E-state index contributed by atoms with van der Waals surface area (Å²) < 4.78 is 5.52. The Labute approximate surface area is 114 Å². The zero-order valence-electron chi connectivity index (χ0n) is 11.5. The van der Waals surface area contributed by atoms with Gasteiger partial charge in [-0.05, 0) is 38.6 Å². The third kappa shape index (κ3) is 4.04. The summed E-state index contributed by atoms with van der Waals surface area (Å²) in [5.74, 6) is 0.842. The highest BCUT2D eigenvalue weighted by Crippen LogP contribution is 2.19. The van der Waals surface area contributed by atoms with Crippen molar-refractivity contribution in [2.75, 3.05) is 39.3 Å². The Morgan fingerprint density at radius 3 is 3.00 bits per heavy atom. The Balaban J connectivity index is 2.02. The minimum absolute atomic E-state index is 0.144. The van der Waals surface area contributed by atoms with E-state index in [1.807, 2.05) is 31.2 Å². The molecule has 0 aromatic heterocycles. The second-order valence-corrected chi connectivity index (χ2v) is 4.73. The molecule has 1 N–H and O–H groups in total. The van der Waals surface area contributed by atoms with Gasteiger partial charge in [0.15, 0.2) is 5.78 Å². The summed E-state index contributed by atoms with van der Waals surface area (Å²) in [5.41, 5.74) is 0.696. The molecule has 1 heterocycles. The van der Waals surface area contributed by atoms with E-state index in [9.17, 15) is 4.79 Å². The second kappa shape index (κ2) is 7.26. The number of carbonyl (C=O) groups excluding carboxylic acids is 1. The molecule has 19 heavy (non-hydrogen) atoms. The molecule has 4 heteroatoms. The van der Waals surface area contributed by atoms with Crippen molar-refractivity contribution in [2.45, 2.75) is 13.3 Å². The first-order chi connectivity index (χ1) is 9.31. The molecule has 0 unspecified atom stereocenters. The van der Waals surface area contributed by atoms with Crippen molar-refractivity contribution in [3.05, 3.63) is 29.8 Å². The van der Waals surface area contributed by atoms with Gasteiger partial charge in [0.2, 0.25) is 0 Å². The Bertz CT molecular complexity index is 412. The van der Waals surface area contributed by atoms with Crippen LogP contribution in [0.15, 0.2) is 24.3 Å². The Morgan fingerprint density at radius 1 is 1.32 bits per heavy atom. The van der Waals surface area contributed by atoms with Crippen molar-refractivity contribution in [3.8, 4) is 5.75 Å². The number of hydrogen-bond acceptors (Lipinski definition) is 4. The van der Waals surface area contributed by atoms with Gasteiger partial charge in [-0.1, -0.05) is 12.1 Å². The van der Waals surface area contributed by atoms with Gasteiger partial charge in [0.05, 0.1) is 18.7 Å². The molecule has 0 saturated carbocycles. The van der Waals surface area contributed by atoms with Crippen LogP contribution < -0.4 is 10.1 Å². The van der Waals surface area contributed by atoms with Crippen LogP contribution in [0.2, 0.25) is 0 Å². The first-order valence-corrected chi connectivity index (χ1v) is 6.99. The van der Waals surface area contributed by atoms with Crippen molar-refractivity contribution in [1.82, 2.24) is 10.2 Å². The summed E-state index contributed by atoms with van der Waals surface area (Å²) in [6.07, 6.45) is 1.10. The summed E-state index contributed by atoms with van der Waals surface area (Å²) >= 11 is 0. The lowest BCUT2D eigenvalue weighted by Crippen LogP contribution is -2.33. The van der Waals surface area contributed by atoms with Crippen molar-refractivity contribution in [3.63, 3.8) is 0 Å². The minimum Gasteiger partial charge on any atom is -0.493 e. The maximum Gasteiger partial charge on any atom is 0.180 e. The van der Waals surface area contributed by atoms with Crippen LogP contribution in [0.1, 0.15) is 23.7 Å². The lowest BCUT2D eigenvalue weighted by Gasteiger charge is -2.19. The number of nitrogens with one attached hydrogen (secondary N) is 1. The summed E-state index contributed by atoms with van der Waals surface area (Å²) in [7, 11) is 0. The van der Waals surface area contributed by atoms with E-state index >= 15 is 0 Å². The maximum atomic E-state index is 12.4. The van der Waals surface area contributed by atoms with E-state index in [0.29, 0.717) is 24.5 Å².